The molecule has 1 atom stereocenters. The number of hydrogen-bond donors (Lipinski definition) is 1. The van der Waals surface area contributed by atoms with Crippen molar-refractivity contribution < 1.29 is 31.4 Å². The largest absolute Gasteiger partial charge is 0.509 e. The predicted molar refractivity (Wildman–Crippen MR) is 47.0 cm³/mol. The van der Waals surface area contributed by atoms with Gasteiger partial charge in [-0.1, -0.05) is 13.8 Å². The second-order valence-electron chi connectivity index (χ2n) is 3.00. The summed E-state index contributed by atoms with van der Waals surface area (Å²) in [5.74, 6) is -0.191. The van der Waals surface area contributed by atoms with E-state index in [4.69, 9.17) is 4.74 Å². The van der Waals surface area contributed by atoms with Crippen molar-refractivity contribution in [2.75, 3.05) is 7.11 Å². The number of aliphatic hydroxyl groups excluding tert-OH is 1. The zero-order valence-corrected chi connectivity index (χ0v) is 9.37. The Morgan fingerprint density at radius 2 is 1.85 bits per heavy atom. The molecule has 0 amide bonds. The number of aliphatic hydroxyl groups is 1. The van der Waals surface area contributed by atoms with E-state index in [0.29, 0.717) is 0 Å². The van der Waals surface area contributed by atoms with Crippen LogP contribution in [0.3, 0.4) is 0 Å². The molecule has 0 aromatic carbocycles. The van der Waals surface area contributed by atoms with Gasteiger partial charge < -0.3 is 9.84 Å². The van der Waals surface area contributed by atoms with Gasteiger partial charge in [-0.25, -0.2) is 0 Å². The minimum absolute atomic E-state index is 0. The van der Waals surface area contributed by atoms with Crippen molar-refractivity contribution in [3.8, 4) is 0 Å². The van der Waals surface area contributed by atoms with Crippen molar-refractivity contribution in [3.05, 3.63) is 11.8 Å². The maximum absolute atomic E-state index is 11.1. The summed E-state index contributed by atoms with van der Waals surface area (Å²) in [5.41, 5.74) is 0. The maximum atomic E-state index is 11.1. The molecule has 0 aliphatic heterocycles. The predicted octanol–water partition coefficient (Wildman–Crippen LogP) is 1.69. The normalized spacial score (nSPS) is 13.8. The van der Waals surface area contributed by atoms with Gasteiger partial charge in [0.25, 0.3) is 0 Å². The Morgan fingerprint density at radius 3 is 2.15 bits per heavy atom. The monoisotopic (exact) mass is 231 g/mol. The van der Waals surface area contributed by atoms with Gasteiger partial charge in [-0.15, -0.1) is 0 Å². The maximum Gasteiger partial charge on any atom is 0.161 e. The molecule has 79 valence electrons. The third kappa shape index (κ3) is 5.85. The van der Waals surface area contributed by atoms with Crippen LogP contribution in [0, 0.1) is 5.92 Å². The van der Waals surface area contributed by atoms with Gasteiger partial charge in [-0.05, 0) is 6.92 Å². The Kier molecular flexibility index (Phi) is 8.30. The molecule has 0 aliphatic rings. The Labute approximate surface area is 89.4 Å². The van der Waals surface area contributed by atoms with Crippen LogP contribution in [-0.4, -0.2) is 24.1 Å². The smallest absolute Gasteiger partial charge is 0.161 e. The van der Waals surface area contributed by atoms with Crippen LogP contribution in [0.25, 0.3) is 0 Å². The number of carbonyl (C=O) groups excluding carboxylic acids is 1. The fourth-order valence-corrected chi connectivity index (χ4v) is 0.551. The van der Waals surface area contributed by atoms with Gasteiger partial charge in [0, 0.05) is 35.9 Å². The third-order valence-electron chi connectivity index (χ3n) is 1.63. The molecule has 0 rings (SSSR count). The van der Waals surface area contributed by atoms with E-state index in [2.05, 4.69) is 0 Å². The van der Waals surface area contributed by atoms with E-state index in [-0.39, 0.29) is 34.2 Å². The number of methoxy groups -OCH3 is 1. The Balaban J connectivity index is 0. The van der Waals surface area contributed by atoms with Crippen LogP contribution >= 0.6 is 0 Å². The molecule has 0 saturated heterocycles. The summed E-state index contributed by atoms with van der Waals surface area (Å²) >= 11 is 0. The third-order valence-corrected chi connectivity index (χ3v) is 1.63. The van der Waals surface area contributed by atoms with Gasteiger partial charge in [0.2, 0.25) is 0 Å². The Morgan fingerprint density at radius 1 is 1.38 bits per heavy atom. The summed E-state index contributed by atoms with van der Waals surface area (Å²) in [5, 5.41) is 9.25. The molecule has 4 heteroatoms. The summed E-state index contributed by atoms with van der Waals surface area (Å²) in [6, 6.07) is 0. The average molecular weight is 231 g/mol. The summed E-state index contributed by atoms with van der Waals surface area (Å²) in [7, 11) is 1.48. The summed E-state index contributed by atoms with van der Waals surface area (Å²) in [6.07, 6.45) is 0.812. The van der Waals surface area contributed by atoms with Crippen LogP contribution < -0.4 is 0 Å². The number of rotatable bonds is 4. The first-order valence-corrected chi connectivity index (χ1v) is 3.96. The molecule has 0 fully saturated rings. The summed E-state index contributed by atoms with van der Waals surface area (Å²) in [6.45, 7) is 5.24. The number of ether oxygens (including phenoxy) is 1. The van der Waals surface area contributed by atoms with Gasteiger partial charge in [-0.2, -0.15) is 0 Å². The van der Waals surface area contributed by atoms with Gasteiger partial charge in [0.15, 0.2) is 5.78 Å². The van der Waals surface area contributed by atoms with Crippen molar-refractivity contribution >= 4 is 5.78 Å². The van der Waals surface area contributed by atoms with Crippen LogP contribution in [-0.2, 0) is 26.3 Å². The van der Waals surface area contributed by atoms with E-state index in [1.54, 1.807) is 20.8 Å². The molecule has 13 heavy (non-hydrogen) atoms. The number of ketones is 1. The summed E-state index contributed by atoms with van der Waals surface area (Å²) in [4.78, 5) is 11.1. The van der Waals surface area contributed by atoms with Crippen molar-refractivity contribution in [1.29, 1.82) is 0 Å². The van der Waals surface area contributed by atoms with Crippen LogP contribution in [0.5, 0.6) is 0 Å². The van der Waals surface area contributed by atoms with Gasteiger partial charge >= 0.3 is 0 Å². The van der Waals surface area contributed by atoms with Crippen LogP contribution in [0.15, 0.2) is 11.8 Å². The topological polar surface area (TPSA) is 46.5 Å². The molecule has 1 N–H and O–H groups in total. The molecule has 0 heterocycles. The number of hydrogen-bond acceptors (Lipinski definition) is 3. The van der Waals surface area contributed by atoms with Crippen molar-refractivity contribution in [2.24, 2.45) is 5.92 Å². The molecule has 0 aliphatic carbocycles. The molecular formula is C9H16CoO3. The van der Waals surface area contributed by atoms with E-state index in [1.165, 1.54) is 13.2 Å². The quantitative estimate of drug-likeness (QED) is 0.591. The number of carbonyl (C=O) groups is 1. The molecule has 0 saturated carbocycles. The van der Waals surface area contributed by atoms with E-state index in [0.717, 1.165) is 0 Å². The minimum Gasteiger partial charge on any atom is -0.509 e. The van der Waals surface area contributed by atoms with E-state index >= 15 is 0 Å². The van der Waals surface area contributed by atoms with Gasteiger partial charge in [0.1, 0.15) is 11.9 Å². The second kappa shape index (κ2) is 7.12. The zero-order chi connectivity index (χ0) is 9.72. The van der Waals surface area contributed by atoms with E-state index < -0.39 is 6.10 Å². The molecule has 1 radical (unpaired) electrons. The first-order chi connectivity index (χ1) is 5.49. The first-order valence-electron chi connectivity index (χ1n) is 3.96. The van der Waals surface area contributed by atoms with Crippen LogP contribution in [0.4, 0.5) is 0 Å². The molecule has 3 nitrogen and oxygen atoms in total. The van der Waals surface area contributed by atoms with Gasteiger partial charge in [0.05, 0.1) is 0 Å². The van der Waals surface area contributed by atoms with E-state index in [1.807, 2.05) is 0 Å². The first kappa shape index (κ1) is 15.2. The molecule has 0 aromatic rings. The molecular weight excluding hydrogens is 215 g/mol. The average Bonchev–Trinajstić information content (AvgIpc) is 2.02. The summed E-state index contributed by atoms with van der Waals surface area (Å²) < 4.78 is 4.82. The van der Waals surface area contributed by atoms with Crippen LogP contribution in [0.2, 0.25) is 0 Å². The SMILES string of the molecule is COC(C)/C(O)=C/C(=O)C(C)C.[Co]. The van der Waals surface area contributed by atoms with E-state index in [9.17, 15) is 9.90 Å². The Hall–Kier alpha value is -0.324. The second-order valence-corrected chi connectivity index (χ2v) is 3.00. The molecule has 1 unspecified atom stereocenters. The zero-order valence-electron chi connectivity index (χ0n) is 8.33. The fourth-order valence-electron chi connectivity index (χ4n) is 0.551. The standard InChI is InChI=1S/C9H16O3.Co/c1-6(2)8(10)5-9(11)7(3)12-4;/h5-7,11H,1-4H3;/b9-5-;. The number of allylic oxidation sites excluding steroid dienone is 1. The van der Waals surface area contributed by atoms with Crippen molar-refractivity contribution in [1.82, 2.24) is 0 Å². The fraction of sp³-hybridized carbons (Fsp3) is 0.667. The van der Waals surface area contributed by atoms with Crippen molar-refractivity contribution in [3.63, 3.8) is 0 Å². The minimum atomic E-state index is -0.410. The molecule has 0 aromatic heterocycles. The Bertz CT molecular complexity index is 187. The molecule has 0 spiro atoms. The van der Waals surface area contributed by atoms with Crippen LogP contribution in [0.1, 0.15) is 20.8 Å². The molecule has 0 bridgehead atoms. The van der Waals surface area contributed by atoms with Gasteiger partial charge in [-0.3, -0.25) is 4.79 Å². The van der Waals surface area contributed by atoms with Crippen molar-refractivity contribution in [2.45, 2.75) is 26.9 Å².